The number of nitrogens with one attached hydrogen (secondary N) is 1. The number of halogens is 3. The Morgan fingerprint density at radius 2 is 2.24 bits per heavy atom. The number of hydrogen-bond donors (Lipinski definition) is 2. The van der Waals surface area contributed by atoms with Gasteiger partial charge in [-0.1, -0.05) is 5.16 Å². The molecule has 96 valence electrons. The minimum atomic E-state index is -4.22. The second-order valence-corrected chi connectivity index (χ2v) is 4.01. The van der Waals surface area contributed by atoms with Gasteiger partial charge in [-0.3, -0.25) is 0 Å². The molecule has 1 saturated heterocycles. The summed E-state index contributed by atoms with van der Waals surface area (Å²) in [6, 6.07) is -0.267. The molecule has 0 unspecified atom stereocenters. The van der Waals surface area contributed by atoms with Crippen molar-refractivity contribution in [2.45, 2.75) is 37.6 Å². The molecule has 0 saturated carbocycles. The molecule has 0 aliphatic carbocycles. The van der Waals surface area contributed by atoms with E-state index in [0.29, 0.717) is 13.0 Å². The van der Waals surface area contributed by atoms with Crippen molar-refractivity contribution < 1.29 is 22.8 Å². The molecule has 2 rings (SSSR count). The predicted octanol–water partition coefficient (Wildman–Crippen LogP) is 0.960. The summed E-state index contributed by atoms with van der Waals surface area (Å²) in [4.78, 5) is 3.88. The fraction of sp³-hybridized carbons (Fsp3) is 0.778. The second kappa shape index (κ2) is 4.61. The van der Waals surface area contributed by atoms with Crippen molar-refractivity contribution in [3.05, 3.63) is 11.7 Å². The van der Waals surface area contributed by atoms with Crippen molar-refractivity contribution in [2.75, 3.05) is 6.54 Å². The quantitative estimate of drug-likeness (QED) is 0.837. The zero-order valence-corrected chi connectivity index (χ0v) is 8.87. The molecule has 0 bridgehead atoms. The molecule has 0 radical (unpaired) electrons. The van der Waals surface area contributed by atoms with Crippen molar-refractivity contribution in [1.29, 1.82) is 0 Å². The summed E-state index contributed by atoms with van der Waals surface area (Å²) in [5.74, 6) is 0.277. The van der Waals surface area contributed by atoms with Crippen LogP contribution in [0.1, 0.15) is 30.6 Å². The van der Waals surface area contributed by atoms with Crippen molar-refractivity contribution in [2.24, 2.45) is 0 Å². The van der Waals surface area contributed by atoms with E-state index in [-0.39, 0.29) is 24.2 Å². The lowest BCUT2D eigenvalue weighted by Gasteiger charge is -2.02. The molecule has 8 heteroatoms. The maximum Gasteiger partial charge on any atom is 0.389 e. The largest absolute Gasteiger partial charge is 0.392 e. The van der Waals surface area contributed by atoms with Crippen molar-refractivity contribution in [3.63, 3.8) is 0 Å². The fourth-order valence-corrected chi connectivity index (χ4v) is 1.67. The van der Waals surface area contributed by atoms with E-state index >= 15 is 0 Å². The summed E-state index contributed by atoms with van der Waals surface area (Å²) in [7, 11) is 0. The summed E-state index contributed by atoms with van der Waals surface area (Å²) in [5.41, 5.74) is 0. The Balaban J connectivity index is 1.92. The molecular weight excluding hydrogens is 239 g/mol. The molecule has 1 aliphatic rings. The first-order valence-corrected chi connectivity index (χ1v) is 5.25. The number of rotatable bonds is 3. The van der Waals surface area contributed by atoms with Gasteiger partial charge in [-0.15, -0.1) is 0 Å². The van der Waals surface area contributed by atoms with Crippen LogP contribution < -0.4 is 5.32 Å². The molecule has 0 spiro atoms. The van der Waals surface area contributed by atoms with Gasteiger partial charge in [0.1, 0.15) is 0 Å². The number of β-amino-alcohol motifs (C(OH)–C–C–N with tert-alkyl or cyclic N) is 1. The Labute approximate surface area is 95.0 Å². The molecule has 2 heterocycles. The van der Waals surface area contributed by atoms with Gasteiger partial charge in [0.15, 0.2) is 5.82 Å². The normalized spacial score (nSPS) is 25.4. The van der Waals surface area contributed by atoms with E-state index in [1.807, 2.05) is 0 Å². The van der Waals surface area contributed by atoms with Gasteiger partial charge in [0, 0.05) is 13.0 Å². The van der Waals surface area contributed by atoms with Crippen LogP contribution in [0.2, 0.25) is 0 Å². The Morgan fingerprint density at radius 1 is 1.47 bits per heavy atom. The van der Waals surface area contributed by atoms with E-state index < -0.39 is 18.7 Å². The smallest absolute Gasteiger partial charge is 0.389 e. The number of nitrogens with zero attached hydrogens (tertiary/aromatic N) is 2. The fourth-order valence-electron chi connectivity index (χ4n) is 1.67. The molecule has 17 heavy (non-hydrogen) atoms. The highest BCUT2D eigenvalue weighted by Crippen LogP contribution is 2.24. The van der Waals surface area contributed by atoms with Crippen molar-refractivity contribution in [1.82, 2.24) is 15.5 Å². The highest BCUT2D eigenvalue weighted by atomic mass is 19.4. The Morgan fingerprint density at radius 3 is 2.82 bits per heavy atom. The standard InChI is InChI=1S/C9H12F3N3O2/c10-9(11,12)2-1-7-14-8(17-15-7)6-3-5(16)4-13-6/h5-6,13,16H,1-4H2/t5-,6+/m1/s1. The third kappa shape index (κ3) is 3.40. The van der Waals surface area contributed by atoms with Gasteiger partial charge in [-0.05, 0) is 6.42 Å². The first-order chi connectivity index (χ1) is 7.94. The van der Waals surface area contributed by atoms with Crippen LogP contribution in [-0.4, -0.2) is 34.1 Å². The third-order valence-corrected chi connectivity index (χ3v) is 2.52. The number of aliphatic hydroxyl groups excluding tert-OH is 1. The number of aliphatic hydroxyl groups is 1. The first-order valence-electron chi connectivity index (χ1n) is 5.25. The average Bonchev–Trinajstić information content (AvgIpc) is 2.81. The molecule has 2 N–H and O–H groups in total. The maximum absolute atomic E-state index is 12.0. The number of hydrogen-bond acceptors (Lipinski definition) is 5. The van der Waals surface area contributed by atoms with E-state index in [1.165, 1.54) is 0 Å². The molecular formula is C9H12F3N3O2. The van der Waals surface area contributed by atoms with Gasteiger partial charge in [0.05, 0.1) is 18.6 Å². The molecule has 1 aliphatic heterocycles. The average molecular weight is 251 g/mol. The molecule has 0 amide bonds. The summed E-state index contributed by atoms with van der Waals surface area (Å²) < 4.78 is 40.8. The topological polar surface area (TPSA) is 71.2 Å². The Bertz CT molecular complexity index is 380. The van der Waals surface area contributed by atoms with Gasteiger partial charge in [-0.25, -0.2) is 0 Å². The maximum atomic E-state index is 12.0. The monoisotopic (exact) mass is 251 g/mol. The van der Waals surface area contributed by atoms with E-state index in [0.717, 1.165) is 0 Å². The zero-order valence-electron chi connectivity index (χ0n) is 8.87. The predicted molar refractivity (Wildman–Crippen MR) is 50.0 cm³/mol. The zero-order chi connectivity index (χ0) is 12.5. The van der Waals surface area contributed by atoms with Gasteiger partial charge < -0.3 is 14.9 Å². The van der Waals surface area contributed by atoms with E-state index in [1.54, 1.807) is 0 Å². The Kier molecular flexibility index (Phi) is 3.34. The highest BCUT2D eigenvalue weighted by Gasteiger charge is 2.30. The summed E-state index contributed by atoms with van der Waals surface area (Å²) in [6.07, 6.45) is -5.52. The van der Waals surface area contributed by atoms with Gasteiger partial charge >= 0.3 is 6.18 Å². The molecule has 5 nitrogen and oxygen atoms in total. The van der Waals surface area contributed by atoms with Crippen molar-refractivity contribution in [3.8, 4) is 0 Å². The van der Waals surface area contributed by atoms with Crippen LogP contribution in [0, 0.1) is 0 Å². The van der Waals surface area contributed by atoms with Crippen LogP contribution in [0.4, 0.5) is 13.2 Å². The molecule has 0 aromatic carbocycles. The molecule has 1 fully saturated rings. The van der Waals surface area contributed by atoms with Gasteiger partial charge in [-0.2, -0.15) is 18.2 Å². The lowest BCUT2D eigenvalue weighted by atomic mass is 10.2. The third-order valence-electron chi connectivity index (χ3n) is 2.52. The van der Waals surface area contributed by atoms with E-state index in [9.17, 15) is 18.3 Å². The van der Waals surface area contributed by atoms with Crippen LogP contribution in [-0.2, 0) is 6.42 Å². The summed E-state index contributed by atoms with van der Waals surface area (Å²) in [6.45, 7) is 0.422. The van der Waals surface area contributed by atoms with Crippen LogP contribution in [0.25, 0.3) is 0 Å². The SMILES string of the molecule is O[C@H]1CN[C@H](c2nc(CCC(F)(F)F)no2)C1. The van der Waals surface area contributed by atoms with E-state index in [4.69, 9.17) is 4.52 Å². The minimum absolute atomic E-state index is 0.0421. The minimum Gasteiger partial charge on any atom is -0.392 e. The van der Waals surface area contributed by atoms with Gasteiger partial charge in [0.2, 0.25) is 5.89 Å². The van der Waals surface area contributed by atoms with Crippen LogP contribution >= 0.6 is 0 Å². The molecule has 1 aromatic rings. The highest BCUT2D eigenvalue weighted by molar-refractivity contribution is 4.97. The van der Waals surface area contributed by atoms with Crippen molar-refractivity contribution >= 4 is 0 Å². The summed E-state index contributed by atoms with van der Waals surface area (Å²) >= 11 is 0. The Hall–Kier alpha value is -1.15. The number of alkyl halides is 3. The summed E-state index contributed by atoms with van der Waals surface area (Å²) in [5, 5.41) is 15.7. The lowest BCUT2D eigenvalue weighted by molar-refractivity contribution is -0.134. The second-order valence-electron chi connectivity index (χ2n) is 4.01. The first kappa shape index (κ1) is 12.3. The molecule has 1 aromatic heterocycles. The van der Waals surface area contributed by atoms with E-state index in [2.05, 4.69) is 15.5 Å². The number of aryl methyl sites for hydroxylation is 1. The number of aromatic nitrogens is 2. The van der Waals surface area contributed by atoms with Crippen LogP contribution in [0.5, 0.6) is 0 Å². The molecule has 2 atom stereocenters. The lowest BCUT2D eigenvalue weighted by Crippen LogP contribution is -2.15. The van der Waals surface area contributed by atoms with Crippen LogP contribution in [0.3, 0.4) is 0 Å². The van der Waals surface area contributed by atoms with Crippen LogP contribution in [0.15, 0.2) is 4.52 Å². The van der Waals surface area contributed by atoms with Gasteiger partial charge in [0.25, 0.3) is 0 Å².